The molecule has 69 heavy (non-hydrogen) atoms. The molecular formula is C54H102O15. The summed E-state index contributed by atoms with van der Waals surface area (Å²) in [5.41, 5.74) is 0. The summed E-state index contributed by atoms with van der Waals surface area (Å²) in [4.78, 5) is 25.8. The molecule has 2 saturated heterocycles. The van der Waals surface area contributed by atoms with Crippen molar-refractivity contribution in [3.8, 4) is 0 Å². The summed E-state index contributed by atoms with van der Waals surface area (Å²) in [6, 6.07) is 0. The van der Waals surface area contributed by atoms with Gasteiger partial charge in [-0.25, -0.2) is 0 Å². The maximum atomic E-state index is 13.0. The Morgan fingerprint density at radius 2 is 0.739 bits per heavy atom. The third-order valence-electron chi connectivity index (χ3n) is 13.8. The van der Waals surface area contributed by atoms with Crippen LogP contribution in [0.25, 0.3) is 0 Å². The van der Waals surface area contributed by atoms with Crippen LogP contribution in [-0.2, 0) is 38.0 Å². The number of unbranched alkanes of at least 4 members (excludes halogenated alkanes) is 31. The van der Waals surface area contributed by atoms with Gasteiger partial charge >= 0.3 is 11.9 Å². The van der Waals surface area contributed by atoms with E-state index in [1.807, 2.05) is 0 Å². The predicted molar refractivity (Wildman–Crippen MR) is 266 cm³/mol. The SMILES string of the molecule is CCCCCCCCCCCCCCCCCCCCCCCCC(=O)OC[C@@H](CO[C@@H]1O[C@H](CO[C@@H]2O[C@H](CO)[C@H](O)C(O)C2O)[C@H](O)C(O)C1O)OC(=O)CCCCCCCCCCCCC. The summed E-state index contributed by atoms with van der Waals surface area (Å²) in [6.07, 6.45) is 24.3. The van der Waals surface area contributed by atoms with Gasteiger partial charge in [-0.3, -0.25) is 9.59 Å². The van der Waals surface area contributed by atoms with E-state index in [-0.39, 0.29) is 26.1 Å². The van der Waals surface area contributed by atoms with Gasteiger partial charge in [-0.2, -0.15) is 0 Å². The highest BCUT2D eigenvalue weighted by atomic mass is 16.7. The first kappa shape index (κ1) is 63.6. The fourth-order valence-corrected chi connectivity index (χ4v) is 9.22. The molecule has 15 heteroatoms. The van der Waals surface area contributed by atoms with Gasteiger partial charge in [0.1, 0.15) is 55.4 Å². The minimum absolute atomic E-state index is 0.172. The minimum Gasteiger partial charge on any atom is -0.462 e. The molecule has 11 atom stereocenters. The van der Waals surface area contributed by atoms with E-state index < -0.39 is 92.7 Å². The van der Waals surface area contributed by atoms with Gasteiger partial charge < -0.3 is 64.2 Å². The van der Waals surface area contributed by atoms with Gasteiger partial charge in [0.25, 0.3) is 0 Å². The molecule has 0 aromatic heterocycles. The molecule has 2 rings (SSSR count). The number of rotatable bonds is 45. The van der Waals surface area contributed by atoms with Gasteiger partial charge in [0.05, 0.1) is 19.8 Å². The molecule has 0 aromatic carbocycles. The molecule has 0 saturated carbocycles. The lowest BCUT2D eigenvalue weighted by molar-refractivity contribution is -0.332. The maximum Gasteiger partial charge on any atom is 0.306 e. The third kappa shape index (κ3) is 29.7. The van der Waals surface area contributed by atoms with E-state index in [9.17, 15) is 45.3 Å². The van der Waals surface area contributed by atoms with Crippen molar-refractivity contribution < 1.29 is 73.8 Å². The van der Waals surface area contributed by atoms with Gasteiger partial charge in [0.15, 0.2) is 18.7 Å². The lowest BCUT2D eigenvalue weighted by Gasteiger charge is -2.42. The number of hydrogen-bond donors (Lipinski definition) is 7. The Balaban J connectivity index is 1.71. The first-order valence-corrected chi connectivity index (χ1v) is 28.1. The number of aliphatic hydroxyl groups excluding tert-OH is 7. The molecule has 0 aromatic rings. The smallest absolute Gasteiger partial charge is 0.306 e. The quantitative estimate of drug-likeness (QED) is 0.0223. The second-order valence-electron chi connectivity index (χ2n) is 20.1. The molecule has 0 radical (unpaired) electrons. The van der Waals surface area contributed by atoms with Crippen molar-refractivity contribution in [2.75, 3.05) is 26.4 Å². The summed E-state index contributed by atoms with van der Waals surface area (Å²) in [5.74, 6) is -0.908. The Hall–Kier alpha value is -1.50. The zero-order valence-corrected chi connectivity index (χ0v) is 43.3. The van der Waals surface area contributed by atoms with E-state index in [1.54, 1.807) is 0 Å². The van der Waals surface area contributed by atoms with Crippen molar-refractivity contribution in [3.05, 3.63) is 0 Å². The van der Waals surface area contributed by atoms with E-state index in [1.165, 1.54) is 161 Å². The molecule has 15 nitrogen and oxygen atoms in total. The lowest BCUT2D eigenvalue weighted by Crippen LogP contribution is -2.61. The van der Waals surface area contributed by atoms with Crippen LogP contribution >= 0.6 is 0 Å². The van der Waals surface area contributed by atoms with Crippen LogP contribution in [0.3, 0.4) is 0 Å². The topological polar surface area (TPSA) is 231 Å². The summed E-state index contributed by atoms with van der Waals surface area (Å²) < 4.78 is 33.6. The highest BCUT2D eigenvalue weighted by molar-refractivity contribution is 5.70. The van der Waals surface area contributed by atoms with Gasteiger partial charge in [0.2, 0.25) is 0 Å². The summed E-state index contributed by atoms with van der Waals surface area (Å²) in [6.45, 7) is 2.63. The molecule has 2 aliphatic rings. The molecule has 2 aliphatic heterocycles. The lowest BCUT2D eigenvalue weighted by atomic mass is 9.98. The van der Waals surface area contributed by atoms with Gasteiger partial charge in [-0.1, -0.05) is 213 Å². The van der Waals surface area contributed by atoms with E-state index in [0.717, 1.165) is 38.5 Å². The summed E-state index contributed by atoms with van der Waals surface area (Å²) in [5, 5.41) is 72.1. The van der Waals surface area contributed by atoms with Crippen LogP contribution in [0.1, 0.15) is 239 Å². The van der Waals surface area contributed by atoms with Crippen molar-refractivity contribution in [1.29, 1.82) is 0 Å². The summed E-state index contributed by atoms with van der Waals surface area (Å²) >= 11 is 0. The molecule has 2 heterocycles. The molecular weight excluding hydrogens is 889 g/mol. The molecule has 4 unspecified atom stereocenters. The Morgan fingerprint density at radius 1 is 0.406 bits per heavy atom. The molecule has 0 amide bonds. The van der Waals surface area contributed by atoms with Crippen LogP contribution in [0.4, 0.5) is 0 Å². The Morgan fingerprint density at radius 3 is 1.13 bits per heavy atom. The molecule has 408 valence electrons. The molecule has 0 spiro atoms. The van der Waals surface area contributed by atoms with Crippen molar-refractivity contribution >= 4 is 11.9 Å². The fraction of sp³-hybridized carbons (Fsp3) is 0.963. The Labute approximate surface area is 417 Å². The van der Waals surface area contributed by atoms with Gasteiger partial charge in [0, 0.05) is 12.8 Å². The summed E-state index contributed by atoms with van der Waals surface area (Å²) in [7, 11) is 0. The highest BCUT2D eigenvalue weighted by Gasteiger charge is 2.47. The van der Waals surface area contributed by atoms with Crippen molar-refractivity contribution in [2.45, 2.75) is 306 Å². The average Bonchev–Trinajstić information content (AvgIpc) is 3.34. The van der Waals surface area contributed by atoms with Crippen molar-refractivity contribution in [2.24, 2.45) is 0 Å². The number of carbonyl (C=O) groups excluding carboxylic acids is 2. The molecule has 0 bridgehead atoms. The minimum atomic E-state index is -1.76. The van der Waals surface area contributed by atoms with Crippen LogP contribution < -0.4 is 0 Å². The van der Waals surface area contributed by atoms with E-state index in [0.29, 0.717) is 12.8 Å². The Bertz CT molecular complexity index is 1210. The zero-order chi connectivity index (χ0) is 50.3. The maximum absolute atomic E-state index is 13.0. The van der Waals surface area contributed by atoms with Crippen LogP contribution in [0.5, 0.6) is 0 Å². The first-order valence-electron chi connectivity index (χ1n) is 28.1. The van der Waals surface area contributed by atoms with E-state index in [4.69, 9.17) is 28.4 Å². The van der Waals surface area contributed by atoms with Crippen molar-refractivity contribution in [1.82, 2.24) is 0 Å². The first-order chi connectivity index (χ1) is 33.5. The number of ether oxygens (including phenoxy) is 6. The second kappa shape index (κ2) is 41.9. The largest absolute Gasteiger partial charge is 0.462 e. The number of aliphatic hydroxyl groups is 7. The average molecular weight is 991 g/mol. The van der Waals surface area contributed by atoms with Crippen LogP contribution in [0.2, 0.25) is 0 Å². The van der Waals surface area contributed by atoms with Crippen LogP contribution in [0.15, 0.2) is 0 Å². The number of carbonyl (C=O) groups is 2. The zero-order valence-electron chi connectivity index (χ0n) is 43.3. The van der Waals surface area contributed by atoms with Crippen LogP contribution in [0, 0.1) is 0 Å². The molecule has 7 N–H and O–H groups in total. The van der Waals surface area contributed by atoms with Crippen LogP contribution in [-0.4, -0.2) is 142 Å². The van der Waals surface area contributed by atoms with Gasteiger partial charge in [-0.15, -0.1) is 0 Å². The standard InChI is InChI=1S/C54H102O15/c1-3-5-7-9-11-13-15-16-17-18-19-20-21-22-23-24-25-27-28-30-32-34-36-45(56)64-39-42(67-46(57)37-35-33-31-29-26-14-12-10-8-6-4-2)40-65-53-52(63)50(61)48(59)44(69-53)41-66-54-51(62)49(60)47(58)43(38-55)68-54/h42-44,47-55,58-63H,3-41H2,1-2H3/t42-,43+,44+,47-,48-,49?,50?,51?,52?,53+,54+/m0/s1. The molecule has 0 aliphatic carbocycles. The normalized spacial score (nSPS) is 25.5. The van der Waals surface area contributed by atoms with Gasteiger partial charge in [-0.05, 0) is 12.8 Å². The fourth-order valence-electron chi connectivity index (χ4n) is 9.22. The predicted octanol–water partition coefficient (Wildman–Crippen LogP) is 8.78. The number of hydrogen-bond acceptors (Lipinski definition) is 15. The van der Waals surface area contributed by atoms with E-state index in [2.05, 4.69) is 13.8 Å². The third-order valence-corrected chi connectivity index (χ3v) is 13.8. The highest BCUT2D eigenvalue weighted by Crippen LogP contribution is 2.27. The second-order valence-corrected chi connectivity index (χ2v) is 20.1. The Kier molecular flexibility index (Phi) is 38.6. The number of esters is 2. The molecule has 2 fully saturated rings. The van der Waals surface area contributed by atoms with E-state index >= 15 is 0 Å². The van der Waals surface area contributed by atoms with Crippen molar-refractivity contribution in [3.63, 3.8) is 0 Å². The monoisotopic (exact) mass is 991 g/mol.